The van der Waals surface area contributed by atoms with Crippen LogP contribution in [0.3, 0.4) is 0 Å². The Balaban J connectivity index is 0.000000671. The second kappa shape index (κ2) is 5.47. The van der Waals surface area contributed by atoms with E-state index in [1.807, 2.05) is 0 Å². The van der Waals surface area contributed by atoms with Crippen LogP contribution < -0.4 is 0 Å². The Bertz CT molecular complexity index is 135. The molecule has 1 fully saturated rings. The van der Waals surface area contributed by atoms with Gasteiger partial charge in [-0.15, -0.1) is 13.2 Å². The molecule has 0 bridgehead atoms. The Labute approximate surface area is 84.4 Å². The van der Waals surface area contributed by atoms with E-state index in [9.17, 15) is 0 Å². The van der Waals surface area contributed by atoms with Crippen LogP contribution in [0.4, 0.5) is 0 Å². The molecular formula is C13H26. The van der Waals surface area contributed by atoms with Gasteiger partial charge in [0.1, 0.15) is 0 Å². The summed E-state index contributed by atoms with van der Waals surface area (Å²) in [7, 11) is 0. The first kappa shape index (κ1) is 12.7. The molecule has 13 heavy (non-hydrogen) atoms. The van der Waals surface area contributed by atoms with Gasteiger partial charge in [-0.25, -0.2) is 0 Å². The number of hydrogen-bond donors (Lipinski definition) is 0. The normalized spacial score (nSPS) is 30.8. The van der Waals surface area contributed by atoms with Gasteiger partial charge in [-0.2, -0.15) is 0 Å². The predicted molar refractivity (Wildman–Crippen MR) is 61.8 cm³/mol. The lowest BCUT2D eigenvalue weighted by Gasteiger charge is -2.26. The lowest BCUT2D eigenvalue weighted by Crippen LogP contribution is -2.18. The summed E-state index contributed by atoms with van der Waals surface area (Å²) < 4.78 is 0. The monoisotopic (exact) mass is 182 g/mol. The van der Waals surface area contributed by atoms with Crippen molar-refractivity contribution in [2.24, 2.45) is 17.3 Å². The quantitative estimate of drug-likeness (QED) is 0.545. The molecule has 0 heteroatoms. The van der Waals surface area contributed by atoms with Crippen molar-refractivity contribution in [3.05, 3.63) is 13.2 Å². The van der Waals surface area contributed by atoms with Gasteiger partial charge >= 0.3 is 0 Å². The fourth-order valence-corrected chi connectivity index (χ4v) is 2.44. The maximum Gasteiger partial charge on any atom is -0.0326 e. The molecule has 0 aromatic heterocycles. The van der Waals surface area contributed by atoms with Crippen molar-refractivity contribution in [2.45, 2.75) is 53.4 Å². The van der Waals surface area contributed by atoms with Gasteiger partial charge in [0.25, 0.3) is 0 Å². The van der Waals surface area contributed by atoms with Crippen LogP contribution in [0.25, 0.3) is 0 Å². The molecule has 1 rings (SSSR count). The van der Waals surface area contributed by atoms with Gasteiger partial charge in [-0.05, 0) is 30.1 Å². The molecule has 0 N–H and O–H groups in total. The molecule has 0 amide bonds. The zero-order valence-corrected chi connectivity index (χ0v) is 9.90. The molecule has 1 saturated carbocycles. The average molecular weight is 182 g/mol. The third-order valence-electron chi connectivity index (χ3n) is 3.76. The van der Waals surface area contributed by atoms with E-state index in [0.717, 1.165) is 11.8 Å². The Morgan fingerprint density at radius 1 is 1.31 bits per heavy atom. The largest absolute Gasteiger partial charge is 0.106 e. The van der Waals surface area contributed by atoms with Gasteiger partial charge in [-0.3, -0.25) is 0 Å². The minimum absolute atomic E-state index is 0.625. The van der Waals surface area contributed by atoms with Crippen molar-refractivity contribution in [1.82, 2.24) is 0 Å². The first-order valence-electron chi connectivity index (χ1n) is 5.58. The maximum atomic E-state index is 3.00. The van der Waals surface area contributed by atoms with E-state index in [1.54, 1.807) is 0 Å². The highest BCUT2D eigenvalue weighted by Gasteiger charge is 2.37. The van der Waals surface area contributed by atoms with Crippen molar-refractivity contribution in [1.29, 1.82) is 0 Å². The lowest BCUT2D eigenvalue weighted by molar-refractivity contribution is 0.232. The molecule has 1 aliphatic carbocycles. The molecule has 0 aromatic carbocycles. The fraction of sp³-hybridized carbons (Fsp3) is 0.846. The van der Waals surface area contributed by atoms with E-state index in [-0.39, 0.29) is 0 Å². The molecular weight excluding hydrogens is 156 g/mol. The lowest BCUT2D eigenvalue weighted by atomic mass is 9.79. The standard InChI is InChI=1S/C11H22.C2H4/c1-5-6-10-7-8-11(3,4)9(10)2;1-2/h9-10H,5-8H2,1-4H3;1-2H2. The molecule has 0 aromatic rings. The molecule has 2 atom stereocenters. The molecule has 0 nitrogen and oxygen atoms in total. The van der Waals surface area contributed by atoms with Gasteiger partial charge < -0.3 is 0 Å². The third-order valence-corrected chi connectivity index (χ3v) is 3.76. The van der Waals surface area contributed by atoms with Crippen LogP contribution in [0.1, 0.15) is 53.4 Å². The summed E-state index contributed by atoms with van der Waals surface area (Å²) in [5, 5.41) is 0. The van der Waals surface area contributed by atoms with Gasteiger partial charge in [0, 0.05) is 0 Å². The zero-order valence-electron chi connectivity index (χ0n) is 9.90. The van der Waals surface area contributed by atoms with E-state index in [4.69, 9.17) is 0 Å². The summed E-state index contributed by atoms with van der Waals surface area (Å²) in [5.41, 5.74) is 0.625. The summed E-state index contributed by atoms with van der Waals surface area (Å²) in [4.78, 5) is 0. The van der Waals surface area contributed by atoms with E-state index in [2.05, 4.69) is 40.9 Å². The second-order valence-corrected chi connectivity index (χ2v) is 4.86. The highest BCUT2D eigenvalue weighted by atomic mass is 14.4. The SMILES string of the molecule is C=C.CCCC1CCC(C)(C)C1C. The van der Waals surface area contributed by atoms with Gasteiger partial charge in [-0.1, -0.05) is 40.5 Å². The minimum Gasteiger partial charge on any atom is -0.106 e. The molecule has 1 aliphatic rings. The fourth-order valence-electron chi connectivity index (χ4n) is 2.44. The van der Waals surface area contributed by atoms with E-state index in [0.29, 0.717) is 5.41 Å². The number of rotatable bonds is 2. The molecule has 78 valence electrons. The average Bonchev–Trinajstić information content (AvgIpc) is 2.36. The maximum absolute atomic E-state index is 3.00. The second-order valence-electron chi connectivity index (χ2n) is 4.86. The van der Waals surface area contributed by atoms with Crippen molar-refractivity contribution >= 4 is 0 Å². The van der Waals surface area contributed by atoms with Crippen molar-refractivity contribution in [3.63, 3.8) is 0 Å². The Kier molecular flexibility index (Phi) is 5.36. The number of hydrogen-bond acceptors (Lipinski definition) is 0. The first-order chi connectivity index (χ1) is 6.08. The predicted octanol–water partition coefficient (Wildman–Crippen LogP) is 4.66. The summed E-state index contributed by atoms with van der Waals surface area (Å²) in [6, 6.07) is 0. The Morgan fingerprint density at radius 3 is 2.15 bits per heavy atom. The van der Waals surface area contributed by atoms with Crippen LogP contribution in [0.15, 0.2) is 13.2 Å². The van der Waals surface area contributed by atoms with Crippen molar-refractivity contribution in [2.75, 3.05) is 0 Å². The van der Waals surface area contributed by atoms with Crippen LogP contribution in [0, 0.1) is 17.3 Å². The molecule has 0 radical (unpaired) electrons. The topological polar surface area (TPSA) is 0 Å². The Morgan fingerprint density at radius 2 is 1.85 bits per heavy atom. The van der Waals surface area contributed by atoms with Crippen LogP contribution in [0.5, 0.6) is 0 Å². The van der Waals surface area contributed by atoms with Crippen LogP contribution in [-0.4, -0.2) is 0 Å². The summed E-state index contributed by atoms with van der Waals surface area (Å²) >= 11 is 0. The molecule has 0 aliphatic heterocycles. The van der Waals surface area contributed by atoms with Gasteiger partial charge in [0.15, 0.2) is 0 Å². The van der Waals surface area contributed by atoms with E-state index < -0.39 is 0 Å². The van der Waals surface area contributed by atoms with Gasteiger partial charge in [0.05, 0.1) is 0 Å². The first-order valence-corrected chi connectivity index (χ1v) is 5.58. The smallest absolute Gasteiger partial charge is 0.0326 e. The highest BCUT2D eigenvalue weighted by Crippen LogP contribution is 2.47. The third kappa shape index (κ3) is 3.17. The summed E-state index contributed by atoms with van der Waals surface area (Å²) in [5.74, 6) is 1.97. The Hall–Kier alpha value is -0.260. The molecule has 0 spiro atoms. The van der Waals surface area contributed by atoms with E-state index >= 15 is 0 Å². The van der Waals surface area contributed by atoms with Crippen molar-refractivity contribution < 1.29 is 0 Å². The minimum atomic E-state index is 0.625. The van der Waals surface area contributed by atoms with Crippen LogP contribution >= 0.6 is 0 Å². The molecule has 0 heterocycles. The summed E-state index contributed by atoms with van der Waals surface area (Å²) in [6.07, 6.45) is 5.73. The zero-order chi connectivity index (χ0) is 10.5. The molecule has 0 saturated heterocycles. The summed E-state index contributed by atoms with van der Waals surface area (Å²) in [6.45, 7) is 15.6. The highest BCUT2D eigenvalue weighted by molar-refractivity contribution is 4.87. The van der Waals surface area contributed by atoms with Crippen LogP contribution in [-0.2, 0) is 0 Å². The van der Waals surface area contributed by atoms with Crippen molar-refractivity contribution in [3.8, 4) is 0 Å². The van der Waals surface area contributed by atoms with Crippen LogP contribution in [0.2, 0.25) is 0 Å². The van der Waals surface area contributed by atoms with E-state index in [1.165, 1.54) is 25.7 Å². The molecule has 2 unspecified atom stereocenters. The van der Waals surface area contributed by atoms with Gasteiger partial charge in [0.2, 0.25) is 0 Å².